The minimum Gasteiger partial charge on any atom is -0.446 e. The van der Waals surface area contributed by atoms with E-state index in [-0.39, 0.29) is 41.7 Å². The molecular formula is C45H68N6O9S. The Morgan fingerprint density at radius 2 is 1.61 bits per heavy atom. The van der Waals surface area contributed by atoms with Gasteiger partial charge < -0.3 is 35.6 Å². The average Bonchev–Trinajstić information content (AvgIpc) is 3.78. The van der Waals surface area contributed by atoms with Gasteiger partial charge >= 0.3 is 6.09 Å². The zero-order valence-electron chi connectivity index (χ0n) is 36.8. The highest BCUT2D eigenvalue weighted by molar-refractivity contribution is 7.90. The molecule has 0 spiro atoms. The van der Waals surface area contributed by atoms with Gasteiger partial charge in [-0.05, 0) is 79.2 Å². The van der Waals surface area contributed by atoms with Crippen molar-refractivity contribution in [2.75, 3.05) is 32.1 Å². The monoisotopic (exact) mass is 868 g/mol. The van der Waals surface area contributed by atoms with Crippen LogP contribution < -0.4 is 26.0 Å². The van der Waals surface area contributed by atoms with Crippen LogP contribution in [0.3, 0.4) is 0 Å². The summed E-state index contributed by atoms with van der Waals surface area (Å²) in [6, 6.07) is 3.15. The molecule has 61 heavy (non-hydrogen) atoms. The summed E-state index contributed by atoms with van der Waals surface area (Å²) in [5.74, 6) is -2.73. The molecule has 6 atom stereocenters. The lowest BCUT2D eigenvalue weighted by molar-refractivity contribution is -0.145. The highest BCUT2D eigenvalue weighted by atomic mass is 32.2. The normalized spacial score (nSPS) is 27.2. The van der Waals surface area contributed by atoms with Crippen LogP contribution in [-0.4, -0.2) is 99.6 Å². The predicted molar refractivity (Wildman–Crippen MR) is 230 cm³/mol. The zero-order chi connectivity index (χ0) is 44.3. The van der Waals surface area contributed by atoms with Gasteiger partial charge in [-0.2, -0.15) is 0 Å². The Hall–Kier alpha value is -4.18. The van der Waals surface area contributed by atoms with E-state index >= 15 is 4.79 Å². The third kappa shape index (κ3) is 9.90. The number of ether oxygens (including phenoxy) is 2. The van der Waals surface area contributed by atoms with Crippen LogP contribution in [-0.2, 0) is 38.7 Å². The number of hydrogen-bond donors (Lipinski definition) is 5. The summed E-state index contributed by atoms with van der Waals surface area (Å²) in [5, 5.41) is 11.7. The molecule has 5 N–H and O–H groups in total. The van der Waals surface area contributed by atoms with Crippen LogP contribution in [0.2, 0.25) is 0 Å². The fraction of sp³-hybridized carbons (Fsp3) is 0.711. The van der Waals surface area contributed by atoms with Gasteiger partial charge in [-0.1, -0.05) is 78.5 Å². The number of nitrogens with zero attached hydrogens (tertiary/aromatic N) is 1. The van der Waals surface area contributed by atoms with Crippen LogP contribution in [0.5, 0.6) is 0 Å². The standard InChI is InChI=1S/C45H68N6O9S/c1-8-30-25-45(30,41(55)50-61(57,58)35-20-13-12-19-33(35)46-7)49-38(52)34-26-44(28(2)3,31-17-14-18-31)27-51(34)40(54)37(43(4,5)6)48-39(53)36(29-15-10-9-11-16-29)47-42(56)60-32-21-23-59-24-22-32/h8,12-13,19-20,28-32,34,36-37,46H,1,9-11,14-18,21-27H2,2-7H3,(H,47,56)(H,48,53)(H,49,52)(H,50,55)/t30-,34+,36+,37-,44-,45-/m1/s1. The fourth-order valence-electron chi connectivity index (χ4n) is 10.1. The topological polar surface area (TPSA) is 201 Å². The number of carbonyl (C=O) groups excluding carboxylic acids is 5. The number of carbonyl (C=O) groups is 5. The second kappa shape index (κ2) is 18.7. The van der Waals surface area contributed by atoms with Crippen molar-refractivity contribution in [3.8, 4) is 0 Å². The summed E-state index contributed by atoms with van der Waals surface area (Å²) in [6.45, 7) is 14.9. The summed E-state index contributed by atoms with van der Waals surface area (Å²) in [6.07, 6.45) is 9.46. The molecule has 0 aromatic heterocycles. The average molecular weight is 869 g/mol. The fourth-order valence-corrected chi connectivity index (χ4v) is 11.4. The first-order valence-corrected chi connectivity index (χ1v) is 23.8. The SMILES string of the molecule is C=C[C@@H]1C[C@]1(NC(=O)[C@@H]1C[C@@](C(C)C)(C2CCC2)CN1C(=O)[C@@H](NC(=O)[C@@H](NC(=O)OC1CCOCC1)C1CCCCC1)C(C)(C)C)C(=O)NS(=O)(=O)c1ccccc1NC. The molecule has 3 aliphatic carbocycles. The Bertz CT molecular complexity index is 1920. The van der Waals surface area contributed by atoms with Gasteiger partial charge in [0.1, 0.15) is 34.7 Å². The van der Waals surface area contributed by atoms with Gasteiger partial charge in [-0.25, -0.2) is 17.9 Å². The largest absolute Gasteiger partial charge is 0.446 e. The van der Waals surface area contributed by atoms with Gasteiger partial charge in [0.15, 0.2) is 0 Å². The second-order valence-electron chi connectivity index (χ2n) is 19.4. The van der Waals surface area contributed by atoms with E-state index in [9.17, 15) is 27.6 Å². The van der Waals surface area contributed by atoms with Crippen molar-refractivity contribution in [3.63, 3.8) is 0 Å². The molecular weight excluding hydrogens is 801 g/mol. The van der Waals surface area contributed by atoms with Crippen molar-refractivity contribution >= 4 is 45.4 Å². The summed E-state index contributed by atoms with van der Waals surface area (Å²) in [4.78, 5) is 73.4. The van der Waals surface area contributed by atoms with Gasteiger partial charge in [-0.15, -0.1) is 6.58 Å². The number of benzene rings is 1. The smallest absolute Gasteiger partial charge is 0.408 e. The Balaban J connectivity index is 1.27. The lowest BCUT2D eigenvalue weighted by Gasteiger charge is -2.46. The van der Waals surface area contributed by atoms with Crippen LogP contribution in [0.4, 0.5) is 10.5 Å². The third-order valence-electron chi connectivity index (χ3n) is 14.3. The lowest BCUT2D eigenvalue weighted by Crippen LogP contribution is -2.62. The Kier molecular flexibility index (Phi) is 14.2. The molecule has 2 heterocycles. The number of amides is 5. The van der Waals surface area contributed by atoms with Crippen LogP contribution >= 0.6 is 0 Å². The number of rotatable bonds is 15. The van der Waals surface area contributed by atoms with E-state index in [1.165, 1.54) is 12.1 Å². The number of sulfonamides is 1. The molecule has 2 aliphatic heterocycles. The summed E-state index contributed by atoms with van der Waals surface area (Å²) >= 11 is 0. The van der Waals surface area contributed by atoms with E-state index in [0.717, 1.165) is 51.4 Å². The van der Waals surface area contributed by atoms with Gasteiger partial charge in [0, 0.05) is 32.4 Å². The molecule has 5 aliphatic rings. The number of nitrogens with one attached hydrogen (secondary N) is 5. The quantitative estimate of drug-likeness (QED) is 0.149. The van der Waals surface area contributed by atoms with Crippen molar-refractivity contribution in [1.82, 2.24) is 25.6 Å². The van der Waals surface area contributed by atoms with Gasteiger partial charge in [-0.3, -0.25) is 19.2 Å². The Morgan fingerprint density at radius 1 is 0.934 bits per heavy atom. The van der Waals surface area contributed by atoms with Crippen LogP contribution in [0.1, 0.15) is 112 Å². The first-order chi connectivity index (χ1) is 28.9. The maximum atomic E-state index is 15.2. The molecule has 5 amide bonds. The van der Waals surface area contributed by atoms with E-state index in [4.69, 9.17) is 9.47 Å². The Labute approximate surface area is 361 Å². The van der Waals surface area contributed by atoms with Crippen molar-refractivity contribution in [1.29, 1.82) is 0 Å². The first kappa shape index (κ1) is 46.3. The predicted octanol–water partition coefficient (Wildman–Crippen LogP) is 5.02. The molecule has 1 aromatic carbocycles. The molecule has 338 valence electrons. The third-order valence-corrected chi connectivity index (χ3v) is 15.7. The van der Waals surface area contributed by atoms with Gasteiger partial charge in [0.25, 0.3) is 15.9 Å². The van der Waals surface area contributed by atoms with E-state index in [0.29, 0.717) is 38.2 Å². The van der Waals surface area contributed by atoms with E-state index in [2.05, 4.69) is 46.4 Å². The Morgan fingerprint density at radius 3 is 2.18 bits per heavy atom. The minimum atomic E-state index is -4.35. The number of alkyl carbamates (subject to hydrolysis) is 1. The van der Waals surface area contributed by atoms with Crippen molar-refractivity contribution in [2.24, 2.45) is 34.5 Å². The molecule has 0 radical (unpaired) electrons. The molecule has 0 bridgehead atoms. The van der Waals surface area contributed by atoms with E-state index < -0.39 is 80.2 Å². The molecule has 5 fully saturated rings. The van der Waals surface area contributed by atoms with Crippen LogP contribution in [0, 0.1) is 34.5 Å². The summed E-state index contributed by atoms with van der Waals surface area (Å²) in [7, 11) is -2.78. The lowest BCUT2D eigenvalue weighted by atomic mass is 9.59. The maximum absolute atomic E-state index is 15.2. The highest BCUT2D eigenvalue weighted by Crippen LogP contribution is 2.55. The first-order valence-electron chi connectivity index (χ1n) is 22.3. The van der Waals surface area contributed by atoms with Gasteiger partial charge in [0.2, 0.25) is 17.7 Å². The molecule has 3 saturated carbocycles. The molecule has 0 unspecified atom stereocenters. The number of likely N-dealkylation sites (tertiary alicyclic amines) is 1. The van der Waals surface area contributed by atoms with E-state index in [1.54, 1.807) is 30.1 Å². The van der Waals surface area contributed by atoms with Crippen molar-refractivity contribution in [2.45, 2.75) is 146 Å². The molecule has 6 rings (SSSR count). The van der Waals surface area contributed by atoms with Crippen LogP contribution in [0.25, 0.3) is 0 Å². The molecule has 16 heteroatoms. The van der Waals surface area contributed by atoms with Crippen molar-refractivity contribution in [3.05, 3.63) is 36.9 Å². The number of anilines is 1. The summed E-state index contributed by atoms with van der Waals surface area (Å²) < 4.78 is 40.5. The minimum absolute atomic E-state index is 0.0895. The molecule has 2 saturated heterocycles. The number of para-hydroxylation sites is 1. The number of hydrogen-bond acceptors (Lipinski definition) is 10. The van der Waals surface area contributed by atoms with Crippen molar-refractivity contribution < 1.29 is 41.9 Å². The van der Waals surface area contributed by atoms with E-state index in [1.807, 2.05) is 20.8 Å². The highest BCUT2D eigenvalue weighted by Gasteiger charge is 2.63. The van der Waals surface area contributed by atoms with Gasteiger partial charge in [0.05, 0.1) is 18.9 Å². The second-order valence-corrected chi connectivity index (χ2v) is 21.1. The molecule has 1 aromatic rings. The maximum Gasteiger partial charge on any atom is 0.408 e. The molecule has 15 nitrogen and oxygen atoms in total. The zero-order valence-corrected chi connectivity index (χ0v) is 37.7. The van der Waals surface area contributed by atoms with Crippen LogP contribution in [0.15, 0.2) is 41.8 Å². The summed E-state index contributed by atoms with van der Waals surface area (Å²) in [5.41, 5.74) is -2.55.